The van der Waals surface area contributed by atoms with Gasteiger partial charge in [0, 0.05) is 19.2 Å². The van der Waals surface area contributed by atoms with E-state index in [9.17, 15) is 14.7 Å². The van der Waals surface area contributed by atoms with Crippen LogP contribution in [0.4, 0.5) is 0 Å². The molecular formula is C12H14N2O5. The highest BCUT2D eigenvalue weighted by molar-refractivity contribution is 5.98. The average molecular weight is 266 g/mol. The molecule has 1 unspecified atom stereocenters. The molecule has 1 aliphatic rings. The molecule has 0 spiro atoms. The number of phenols is 2. The third kappa shape index (κ3) is 2.32. The zero-order valence-electron chi connectivity index (χ0n) is 10.0. The molecule has 1 aliphatic heterocycles. The van der Waals surface area contributed by atoms with Crippen LogP contribution in [0.3, 0.4) is 0 Å². The molecule has 7 nitrogen and oxygen atoms in total. The van der Waals surface area contributed by atoms with Crippen LogP contribution in [0.2, 0.25) is 0 Å². The Labute approximate surface area is 108 Å². The highest BCUT2D eigenvalue weighted by Gasteiger charge is 2.43. The van der Waals surface area contributed by atoms with Crippen LogP contribution in [-0.4, -0.2) is 50.7 Å². The van der Waals surface area contributed by atoms with Crippen molar-refractivity contribution in [2.45, 2.75) is 12.0 Å². The van der Waals surface area contributed by atoms with Gasteiger partial charge < -0.3 is 26.0 Å². The third-order valence-electron chi connectivity index (χ3n) is 3.23. The molecule has 7 heteroatoms. The van der Waals surface area contributed by atoms with Crippen LogP contribution in [0.15, 0.2) is 18.2 Å². The van der Waals surface area contributed by atoms with Gasteiger partial charge in [-0.25, -0.2) is 0 Å². The Morgan fingerprint density at radius 1 is 1.32 bits per heavy atom. The molecular weight excluding hydrogens is 252 g/mol. The van der Waals surface area contributed by atoms with Crippen molar-refractivity contribution < 1.29 is 24.9 Å². The zero-order valence-corrected chi connectivity index (χ0v) is 10.0. The predicted octanol–water partition coefficient (Wildman–Crippen LogP) is -0.274. The van der Waals surface area contributed by atoms with Crippen LogP contribution in [0.5, 0.6) is 11.5 Å². The molecule has 0 aromatic heterocycles. The van der Waals surface area contributed by atoms with E-state index in [0.29, 0.717) is 0 Å². The Bertz CT molecular complexity index is 545. The molecule has 0 bridgehead atoms. The quantitative estimate of drug-likeness (QED) is 0.584. The van der Waals surface area contributed by atoms with E-state index in [1.807, 2.05) is 0 Å². The number of hydrogen-bond donors (Lipinski definition) is 4. The second-order valence-electron chi connectivity index (χ2n) is 4.64. The molecule has 1 aromatic rings. The molecule has 102 valence electrons. The van der Waals surface area contributed by atoms with Crippen molar-refractivity contribution in [1.82, 2.24) is 4.90 Å². The number of hydrogen-bond acceptors (Lipinski definition) is 5. The minimum Gasteiger partial charge on any atom is -0.508 e. The third-order valence-corrected chi connectivity index (χ3v) is 3.23. The molecule has 1 atom stereocenters. The number of amides is 1. The molecule has 5 N–H and O–H groups in total. The molecule has 0 radical (unpaired) electrons. The molecule has 1 amide bonds. The van der Waals surface area contributed by atoms with Crippen molar-refractivity contribution in [2.75, 3.05) is 13.1 Å². The van der Waals surface area contributed by atoms with E-state index >= 15 is 0 Å². The van der Waals surface area contributed by atoms with Gasteiger partial charge in [0.25, 0.3) is 5.91 Å². The van der Waals surface area contributed by atoms with Gasteiger partial charge in [0.2, 0.25) is 0 Å². The number of carboxylic acid groups (broad SMARTS) is 1. The Morgan fingerprint density at radius 3 is 2.53 bits per heavy atom. The highest BCUT2D eigenvalue weighted by atomic mass is 16.4. The summed E-state index contributed by atoms with van der Waals surface area (Å²) in [6.07, 6.45) is 0.160. The summed E-state index contributed by atoms with van der Waals surface area (Å²) in [6, 6.07) is 3.61. The van der Waals surface area contributed by atoms with Gasteiger partial charge in [0.05, 0.1) is 5.56 Å². The maximum Gasteiger partial charge on any atom is 0.325 e. The molecule has 2 rings (SSSR count). The number of aliphatic carboxylic acids is 1. The minimum atomic E-state index is -1.44. The molecule has 0 saturated carbocycles. The Hall–Kier alpha value is -2.28. The van der Waals surface area contributed by atoms with Gasteiger partial charge in [-0.2, -0.15) is 0 Å². The lowest BCUT2D eigenvalue weighted by molar-refractivity contribution is -0.142. The number of likely N-dealkylation sites (tertiary alicyclic amines) is 1. The number of nitrogens with two attached hydrogens (primary N) is 1. The first kappa shape index (κ1) is 13.2. The van der Waals surface area contributed by atoms with Gasteiger partial charge in [-0.3, -0.25) is 9.59 Å². The number of carbonyl (C=O) groups is 2. The molecule has 0 aliphatic carbocycles. The van der Waals surface area contributed by atoms with Gasteiger partial charge in [0.1, 0.15) is 17.0 Å². The number of aromatic hydroxyl groups is 2. The van der Waals surface area contributed by atoms with Gasteiger partial charge in [-0.05, 0) is 18.6 Å². The second-order valence-corrected chi connectivity index (χ2v) is 4.64. The standard InChI is InChI=1S/C12H14N2O5/c13-12(11(18)19)3-4-14(6-12)10(17)8-2-1-7(15)5-9(8)16/h1-2,5,15-16H,3-4,6,13H2,(H,18,19). The fourth-order valence-corrected chi connectivity index (χ4v) is 2.05. The summed E-state index contributed by atoms with van der Waals surface area (Å²) >= 11 is 0. The predicted molar refractivity (Wildman–Crippen MR) is 64.8 cm³/mol. The first-order valence-corrected chi connectivity index (χ1v) is 5.67. The van der Waals surface area contributed by atoms with E-state index in [2.05, 4.69) is 0 Å². The number of rotatable bonds is 2. The van der Waals surface area contributed by atoms with Crippen molar-refractivity contribution in [3.8, 4) is 11.5 Å². The smallest absolute Gasteiger partial charge is 0.325 e. The molecule has 1 aromatic carbocycles. The fraction of sp³-hybridized carbons (Fsp3) is 0.333. The first-order chi connectivity index (χ1) is 8.83. The van der Waals surface area contributed by atoms with E-state index in [4.69, 9.17) is 15.9 Å². The fourth-order valence-electron chi connectivity index (χ4n) is 2.05. The van der Waals surface area contributed by atoms with E-state index in [1.165, 1.54) is 17.0 Å². The second kappa shape index (κ2) is 4.43. The van der Waals surface area contributed by atoms with Gasteiger partial charge >= 0.3 is 5.97 Å². The normalized spacial score (nSPS) is 22.5. The van der Waals surface area contributed by atoms with Crippen LogP contribution in [0.1, 0.15) is 16.8 Å². The van der Waals surface area contributed by atoms with Crippen LogP contribution in [0, 0.1) is 0 Å². The highest BCUT2D eigenvalue weighted by Crippen LogP contribution is 2.27. The maximum absolute atomic E-state index is 12.1. The Balaban J connectivity index is 2.20. The van der Waals surface area contributed by atoms with Crippen molar-refractivity contribution in [2.24, 2.45) is 5.73 Å². The topological polar surface area (TPSA) is 124 Å². The SMILES string of the molecule is NC1(C(=O)O)CCN(C(=O)c2ccc(O)cc2O)C1. The van der Waals surface area contributed by atoms with E-state index in [0.717, 1.165) is 6.07 Å². The lowest BCUT2D eigenvalue weighted by Gasteiger charge is -2.20. The summed E-state index contributed by atoms with van der Waals surface area (Å²) < 4.78 is 0. The Kier molecular flexibility index (Phi) is 3.07. The maximum atomic E-state index is 12.1. The number of nitrogens with zero attached hydrogens (tertiary/aromatic N) is 1. The lowest BCUT2D eigenvalue weighted by Crippen LogP contribution is -2.50. The van der Waals surface area contributed by atoms with Gasteiger partial charge in [0.15, 0.2) is 0 Å². The van der Waals surface area contributed by atoms with E-state index in [1.54, 1.807) is 0 Å². The first-order valence-electron chi connectivity index (χ1n) is 5.67. The van der Waals surface area contributed by atoms with Crippen molar-refractivity contribution in [1.29, 1.82) is 0 Å². The van der Waals surface area contributed by atoms with Crippen LogP contribution < -0.4 is 5.73 Å². The molecule has 19 heavy (non-hydrogen) atoms. The number of carboxylic acids is 1. The summed E-state index contributed by atoms with van der Waals surface area (Å²) in [7, 11) is 0. The summed E-state index contributed by atoms with van der Waals surface area (Å²) in [5.41, 5.74) is 4.24. The van der Waals surface area contributed by atoms with E-state index in [-0.39, 0.29) is 36.6 Å². The van der Waals surface area contributed by atoms with Crippen molar-refractivity contribution in [3.63, 3.8) is 0 Å². The number of phenolic OH excluding ortho intramolecular Hbond substituents is 2. The summed E-state index contributed by atoms with van der Waals surface area (Å²) in [5.74, 6) is -2.17. The van der Waals surface area contributed by atoms with Crippen molar-refractivity contribution in [3.05, 3.63) is 23.8 Å². The van der Waals surface area contributed by atoms with E-state index < -0.39 is 17.4 Å². The summed E-state index contributed by atoms with van der Waals surface area (Å²) in [6.45, 7) is 0.101. The number of benzene rings is 1. The Morgan fingerprint density at radius 2 is 2.00 bits per heavy atom. The van der Waals surface area contributed by atoms with Crippen molar-refractivity contribution >= 4 is 11.9 Å². The monoisotopic (exact) mass is 266 g/mol. The largest absolute Gasteiger partial charge is 0.508 e. The molecule has 1 fully saturated rings. The van der Waals surface area contributed by atoms with Crippen LogP contribution in [-0.2, 0) is 4.79 Å². The van der Waals surface area contributed by atoms with Crippen LogP contribution >= 0.6 is 0 Å². The lowest BCUT2D eigenvalue weighted by atomic mass is 10.0. The van der Waals surface area contributed by atoms with Gasteiger partial charge in [-0.15, -0.1) is 0 Å². The zero-order chi connectivity index (χ0) is 14.2. The molecule has 1 heterocycles. The average Bonchev–Trinajstić information content (AvgIpc) is 2.73. The molecule has 1 saturated heterocycles. The summed E-state index contributed by atoms with van der Waals surface area (Å²) in [5, 5.41) is 27.8. The van der Waals surface area contributed by atoms with Gasteiger partial charge in [-0.1, -0.05) is 0 Å². The van der Waals surface area contributed by atoms with Crippen LogP contribution in [0.25, 0.3) is 0 Å². The number of carbonyl (C=O) groups excluding carboxylic acids is 1. The summed E-state index contributed by atoms with van der Waals surface area (Å²) in [4.78, 5) is 24.4. The minimum absolute atomic E-state index is 0.00689.